The first-order valence-electron chi connectivity index (χ1n) is 38.7. The van der Waals surface area contributed by atoms with E-state index in [-0.39, 0.29) is 86.7 Å². The maximum absolute atomic E-state index is 14.8. The highest BCUT2D eigenvalue weighted by Crippen LogP contribution is 2.38. The molecule has 36 heteroatoms. The third-order valence-corrected chi connectivity index (χ3v) is 20.9. The van der Waals surface area contributed by atoms with Crippen molar-refractivity contribution in [2.45, 2.75) is 139 Å². The van der Waals surface area contributed by atoms with Crippen LogP contribution in [0.15, 0.2) is 146 Å². The lowest BCUT2D eigenvalue weighted by Gasteiger charge is -2.35. The first-order chi connectivity index (χ1) is 58.5. The molecule has 36 nitrogen and oxygen atoms in total. The second-order valence-electron chi connectivity index (χ2n) is 29.5. The summed E-state index contributed by atoms with van der Waals surface area (Å²) in [6.45, 7) is 0.211. The molecular formula is C87H85N9O27. The number of aromatic carboxylic acids is 8. The van der Waals surface area contributed by atoms with Crippen LogP contribution in [0.5, 0.6) is 0 Å². The Balaban J connectivity index is 0.935. The Morgan fingerprint density at radius 1 is 0.309 bits per heavy atom. The number of aliphatic carboxylic acids is 3. The minimum Gasteiger partial charge on any atom is -0.480 e. The average molecular weight is 1690 g/mol. The van der Waals surface area contributed by atoms with Gasteiger partial charge < -0.3 is 103 Å². The first-order valence-corrected chi connectivity index (χ1v) is 38.7. The number of aromatic nitrogens is 3. The van der Waals surface area contributed by atoms with Crippen molar-refractivity contribution in [3.63, 3.8) is 0 Å². The number of fused-ring (bicyclic) bond motifs is 3. The van der Waals surface area contributed by atoms with Crippen LogP contribution in [0, 0.1) is 0 Å². The molecule has 0 radical (unpaired) electrons. The van der Waals surface area contributed by atoms with Crippen LogP contribution in [0.1, 0.15) is 196 Å². The van der Waals surface area contributed by atoms with Crippen molar-refractivity contribution in [1.82, 2.24) is 41.5 Å². The van der Waals surface area contributed by atoms with Crippen molar-refractivity contribution in [2.75, 3.05) is 11.9 Å². The first kappa shape index (κ1) is 89.8. The van der Waals surface area contributed by atoms with Crippen molar-refractivity contribution in [3.8, 4) is 33.8 Å². The second kappa shape index (κ2) is 40.3. The summed E-state index contributed by atoms with van der Waals surface area (Å²) >= 11 is 0. The molecule has 10 rings (SSSR count). The van der Waals surface area contributed by atoms with E-state index in [1.807, 2.05) is 0 Å². The van der Waals surface area contributed by atoms with Crippen LogP contribution in [-0.2, 0) is 52.8 Å². The van der Waals surface area contributed by atoms with Crippen molar-refractivity contribution in [1.29, 1.82) is 0 Å². The molecule has 0 spiro atoms. The molecule has 0 saturated heterocycles. The van der Waals surface area contributed by atoms with E-state index in [0.29, 0.717) is 77.7 Å². The number of nitrogens with one attached hydrogen (secondary N) is 9. The Morgan fingerprint density at radius 3 is 0.862 bits per heavy atom. The highest BCUT2D eigenvalue weighted by atomic mass is 16.4. The molecule has 0 saturated carbocycles. The van der Waals surface area contributed by atoms with Crippen LogP contribution in [0.4, 0.5) is 10.5 Å². The van der Waals surface area contributed by atoms with Gasteiger partial charge in [-0.15, -0.1) is 0 Å². The van der Waals surface area contributed by atoms with E-state index < -0.39 is 210 Å². The van der Waals surface area contributed by atoms with Crippen LogP contribution in [-0.4, -0.2) is 197 Å². The molecule has 640 valence electrons. The molecule has 0 aliphatic heterocycles. The molecule has 6 amide bonds. The predicted octanol–water partition coefficient (Wildman–Crippen LogP) is 11.0. The quantitative estimate of drug-likeness (QED) is 0.0158. The van der Waals surface area contributed by atoms with Gasteiger partial charge in [0.1, 0.15) is 18.1 Å². The largest absolute Gasteiger partial charge is 0.480 e. The Morgan fingerprint density at radius 2 is 0.577 bits per heavy atom. The maximum Gasteiger partial charge on any atom is 0.335 e. The van der Waals surface area contributed by atoms with Crippen LogP contribution >= 0.6 is 0 Å². The molecule has 20 N–H and O–H groups in total. The van der Waals surface area contributed by atoms with Crippen molar-refractivity contribution in [3.05, 3.63) is 207 Å². The molecule has 7 aromatic carbocycles. The highest BCUT2D eigenvalue weighted by molar-refractivity contribution is 6.03. The minimum absolute atomic E-state index is 0.0205. The Labute approximate surface area is 696 Å². The van der Waals surface area contributed by atoms with Crippen molar-refractivity contribution >= 4 is 134 Å². The number of para-hydroxylation sites is 3. The lowest BCUT2D eigenvalue weighted by atomic mass is 9.82. The van der Waals surface area contributed by atoms with E-state index in [1.165, 1.54) is 36.4 Å². The second-order valence-corrected chi connectivity index (χ2v) is 29.5. The van der Waals surface area contributed by atoms with Crippen molar-refractivity contribution in [2.24, 2.45) is 0 Å². The van der Waals surface area contributed by atoms with Gasteiger partial charge in [0.2, 0.25) is 23.6 Å². The van der Waals surface area contributed by atoms with Gasteiger partial charge in [0.25, 0.3) is 0 Å². The van der Waals surface area contributed by atoms with E-state index in [0.717, 1.165) is 36.4 Å². The Hall–Kier alpha value is -15.5. The van der Waals surface area contributed by atoms with E-state index in [2.05, 4.69) is 46.9 Å². The Kier molecular flexibility index (Phi) is 29.4. The van der Waals surface area contributed by atoms with E-state index in [1.54, 1.807) is 72.8 Å². The molecule has 0 bridgehead atoms. The standard InChI is InChI=1S/C87H85N9O27/c97-68(90-65(83(117)118)41-59-56-15-8-11-18-62(56)93-72(59)44-29-47(75(101)102)35-48(30-44)76(103)104)22-25-87(96-71(100)21-7-5-3-1-2-4-6-14-28-88-86(123)89-55-39-53(81(113)114)38-54(40-55)82(115)116,26-23-69(98)91-66(84(119)120)42-60-57-16-9-12-19-63(57)94-73(60)45-31-49(77(105)106)36-50(32-45)78(107)108)27-24-70(99)92-67(85(121)122)43-61-58-17-10-13-20-64(58)95-74(61)46-33-51(79(109)110)37-52(34-46)80(111)112/h8-13,15-20,29-40,65-67,93-95H,1-7,14,21-28,41-43H2,(H,90,97)(H,91,98)(H,92,99)(H,96,100)(H,101,102)(H,103,104)(H,105,106)(H,107,108)(H,109,110)(H,111,112)(H,113,114)(H,115,116)(H,117,118)(H,119,120)(H,121,122)(H2,88,89,123). The molecule has 3 heterocycles. The maximum atomic E-state index is 14.8. The smallest absolute Gasteiger partial charge is 0.335 e. The number of carbonyl (C=O) groups is 16. The number of urea groups is 1. The number of anilines is 1. The molecule has 3 aromatic heterocycles. The molecule has 10 aromatic rings. The number of carboxylic acid groups (broad SMARTS) is 11. The lowest BCUT2D eigenvalue weighted by molar-refractivity contribution is -0.142. The number of rotatable bonds is 45. The molecule has 3 atom stereocenters. The molecule has 3 unspecified atom stereocenters. The summed E-state index contributed by atoms with van der Waals surface area (Å²) in [4.78, 5) is 219. The van der Waals surface area contributed by atoms with Gasteiger partial charge >= 0.3 is 71.7 Å². The summed E-state index contributed by atoms with van der Waals surface area (Å²) in [5, 5.41) is 128. The normalized spacial score (nSPS) is 12.4. The summed E-state index contributed by atoms with van der Waals surface area (Å²) in [7, 11) is 0. The molecule has 0 fully saturated rings. The summed E-state index contributed by atoms with van der Waals surface area (Å²) in [6, 6.07) is 26.1. The van der Waals surface area contributed by atoms with Gasteiger partial charge in [-0.2, -0.15) is 0 Å². The van der Waals surface area contributed by atoms with Crippen LogP contribution in [0.25, 0.3) is 66.5 Å². The number of benzene rings is 7. The zero-order valence-electron chi connectivity index (χ0n) is 65.5. The number of amides is 6. The lowest BCUT2D eigenvalue weighted by Crippen LogP contribution is -2.52. The number of hydrogen-bond donors (Lipinski definition) is 20. The van der Waals surface area contributed by atoms with Gasteiger partial charge in [0.05, 0.1) is 44.5 Å². The highest BCUT2D eigenvalue weighted by Gasteiger charge is 2.37. The molecule has 0 aliphatic carbocycles. The van der Waals surface area contributed by atoms with Gasteiger partial charge in [-0.25, -0.2) is 57.5 Å². The number of hydrogen-bond acceptors (Lipinski definition) is 16. The summed E-state index contributed by atoms with van der Waals surface area (Å²) < 4.78 is 0. The van der Waals surface area contributed by atoms with Crippen LogP contribution < -0.4 is 31.9 Å². The van der Waals surface area contributed by atoms with Crippen LogP contribution in [0.3, 0.4) is 0 Å². The number of unbranched alkanes of at least 4 members (excludes halogenated alkanes) is 7. The zero-order chi connectivity index (χ0) is 89.1. The summed E-state index contributed by atoms with van der Waals surface area (Å²) in [6.07, 6.45) is -1.08. The topological polar surface area (TPSA) is 615 Å². The van der Waals surface area contributed by atoms with Gasteiger partial charge in [-0.05, 0) is 156 Å². The molecule has 0 aliphatic rings. The van der Waals surface area contributed by atoms with Crippen LogP contribution in [0.2, 0.25) is 0 Å². The number of carboxylic acids is 11. The fourth-order valence-corrected chi connectivity index (χ4v) is 14.8. The fraction of sp³-hybridized carbons (Fsp3) is 0.264. The van der Waals surface area contributed by atoms with Gasteiger partial charge in [0.15, 0.2) is 0 Å². The van der Waals surface area contributed by atoms with Gasteiger partial charge in [0, 0.05) is 113 Å². The third-order valence-electron chi connectivity index (χ3n) is 20.9. The van der Waals surface area contributed by atoms with Crippen molar-refractivity contribution < 1.29 is 133 Å². The SMILES string of the molecule is O=C(CCC(CCC(=O)NC(Cc1c(-c2cc(C(=O)O)cc(C(=O)O)c2)[nH]c2ccccc12)C(=O)O)(CCC(=O)NC(Cc1c(-c2cc(C(=O)O)cc(C(=O)O)c2)[nH]c2ccccc12)C(=O)O)NC(=O)CCCCCCCCCCNC(=O)Nc1cc(C(=O)O)cc(C(=O)O)c1)NC(Cc1c(-c2cc(C(=O)O)cc(C(=O)O)c2)[nH]c2ccccc12)C(=O)O. The minimum atomic E-state index is -1.94. The van der Waals surface area contributed by atoms with Gasteiger partial charge in [-0.3, -0.25) is 19.2 Å². The van der Waals surface area contributed by atoms with Gasteiger partial charge in [-0.1, -0.05) is 93.1 Å². The fourth-order valence-electron chi connectivity index (χ4n) is 14.8. The number of aromatic amines is 3. The summed E-state index contributed by atoms with van der Waals surface area (Å²) in [5.41, 5.74) is -3.16. The third kappa shape index (κ3) is 23.5. The van der Waals surface area contributed by atoms with E-state index >= 15 is 0 Å². The summed E-state index contributed by atoms with van der Waals surface area (Å²) in [5.74, 6) is -20.3. The number of carbonyl (C=O) groups excluding carboxylic acids is 5. The predicted molar refractivity (Wildman–Crippen MR) is 440 cm³/mol. The average Bonchev–Trinajstić information content (AvgIpc) is 1.64. The van der Waals surface area contributed by atoms with E-state index in [4.69, 9.17) is 0 Å². The number of H-pyrrole nitrogens is 3. The Bertz CT molecular complexity index is 5270. The molecular weight excluding hydrogens is 1600 g/mol. The molecule has 123 heavy (non-hydrogen) atoms. The monoisotopic (exact) mass is 1690 g/mol. The zero-order valence-corrected chi connectivity index (χ0v) is 65.5. The van der Waals surface area contributed by atoms with E-state index in [9.17, 15) is 133 Å².